The van der Waals surface area contributed by atoms with Gasteiger partial charge < -0.3 is 14.4 Å². The lowest BCUT2D eigenvalue weighted by Gasteiger charge is -2.17. The van der Waals surface area contributed by atoms with E-state index in [0.29, 0.717) is 5.88 Å². The van der Waals surface area contributed by atoms with Crippen LogP contribution in [-0.2, 0) is 9.53 Å². The van der Waals surface area contributed by atoms with Crippen LogP contribution in [0.5, 0.6) is 5.88 Å². The Morgan fingerprint density at radius 1 is 1.32 bits per heavy atom. The van der Waals surface area contributed by atoms with Crippen molar-refractivity contribution >= 4 is 17.9 Å². The smallest absolute Gasteiger partial charge is 0.330 e. The zero-order valence-corrected chi connectivity index (χ0v) is 11.3. The average molecular weight is 262 g/mol. The predicted octanol–water partition coefficient (Wildman–Crippen LogP) is 1.88. The highest BCUT2D eigenvalue weighted by atomic mass is 16.5. The molecule has 0 aliphatic carbocycles. The van der Waals surface area contributed by atoms with Crippen LogP contribution in [-0.4, -0.2) is 38.3 Å². The minimum atomic E-state index is -0.398. The van der Waals surface area contributed by atoms with E-state index in [1.165, 1.54) is 26.0 Å². The minimum absolute atomic E-state index is 0.398. The number of aromatic nitrogens is 1. The van der Waals surface area contributed by atoms with E-state index < -0.39 is 5.97 Å². The van der Waals surface area contributed by atoms with Gasteiger partial charge in [0.2, 0.25) is 5.88 Å². The SMILES string of the molecule is COC(=O)C=Cc1ccc(N2CCCC2)nc1OC. The van der Waals surface area contributed by atoms with Crippen LogP contribution >= 0.6 is 0 Å². The minimum Gasteiger partial charge on any atom is -0.481 e. The van der Waals surface area contributed by atoms with Gasteiger partial charge in [-0.1, -0.05) is 0 Å². The summed E-state index contributed by atoms with van der Waals surface area (Å²) in [6, 6.07) is 3.85. The third-order valence-electron chi connectivity index (χ3n) is 3.10. The molecule has 1 saturated heterocycles. The van der Waals surface area contributed by atoms with Crippen LogP contribution in [0.1, 0.15) is 18.4 Å². The number of carbonyl (C=O) groups excluding carboxylic acids is 1. The first-order chi connectivity index (χ1) is 9.24. The van der Waals surface area contributed by atoms with E-state index in [0.717, 1.165) is 24.5 Å². The van der Waals surface area contributed by atoms with Crippen molar-refractivity contribution in [2.45, 2.75) is 12.8 Å². The lowest BCUT2D eigenvalue weighted by molar-refractivity contribution is -0.134. The van der Waals surface area contributed by atoms with E-state index in [2.05, 4.69) is 14.6 Å². The molecule has 0 radical (unpaired) electrons. The number of anilines is 1. The summed E-state index contributed by atoms with van der Waals surface area (Å²) in [5, 5.41) is 0. The summed E-state index contributed by atoms with van der Waals surface area (Å²) in [5.41, 5.74) is 0.760. The van der Waals surface area contributed by atoms with Crippen molar-refractivity contribution in [2.75, 3.05) is 32.2 Å². The maximum absolute atomic E-state index is 11.1. The molecule has 5 heteroatoms. The van der Waals surface area contributed by atoms with Crippen LogP contribution in [0.25, 0.3) is 6.08 Å². The first kappa shape index (κ1) is 13.4. The molecule has 0 amide bonds. The molecule has 1 aliphatic heterocycles. The van der Waals surface area contributed by atoms with Gasteiger partial charge in [0.25, 0.3) is 0 Å². The van der Waals surface area contributed by atoms with E-state index in [1.54, 1.807) is 13.2 Å². The Bertz CT molecular complexity index is 480. The normalized spacial score (nSPS) is 14.9. The lowest BCUT2D eigenvalue weighted by Crippen LogP contribution is -2.19. The molecule has 0 bridgehead atoms. The largest absolute Gasteiger partial charge is 0.481 e. The molecule has 1 aromatic rings. The number of esters is 1. The Labute approximate surface area is 112 Å². The number of hydrogen-bond acceptors (Lipinski definition) is 5. The Morgan fingerprint density at radius 2 is 2.05 bits per heavy atom. The molecule has 2 heterocycles. The summed E-state index contributed by atoms with van der Waals surface area (Å²) in [4.78, 5) is 17.8. The zero-order valence-electron chi connectivity index (χ0n) is 11.3. The number of nitrogens with zero attached hydrogens (tertiary/aromatic N) is 2. The second-order valence-corrected chi connectivity index (χ2v) is 4.32. The van der Waals surface area contributed by atoms with Gasteiger partial charge >= 0.3 is 5.97 Å². The number of rotatable bonds is 4. The quantitative estimate of drug-likeness (QED) is 0.612. The van der Waals surface area contributed by atoms with E-state index in [1.807, 2.05) is 12.1 Å². The Balaban J connectivity index is 2.20. The lowest BCUT2D eigenvalue weighted by atomic mass is 10.2. The van der Waals surface area contributed by atoms with Crippen LogP contribution in [0.2, 0.25) is 0 Å². The van der Waals surface area contributed by atoms with E-state index in [9.17, 15) is 4.79 Å². The molecule has 102 valence electrons. The first-order valence-corrected chi connectivity index (χ1v) is 6.30. The zero-order chi connectivity index (χ0) is 13.7. The van der Waals surface area contributed by atoms with Crippen molar-refractivity contribution in [1.82, 2.24) is 4.98 Å². The van der Waals surface area contributed by atoms with Crippen molar-refractivity contribution < 1.29 is 14.3 Å². The molecule has 1 aliphatic rings. The molecule has 0 aromatic carbocycles. The van der Waals surface area contributed by atoms with Crippen LogP contribution in [0.3, 0.4) is 0 Å². The number of ether oxygens (including phenoxy) is 2. The van der Waals surface area contributed by atoms with Gasteiger partial charge in [0.15, 0.2) is 0 Å². The van der Waals surface area contributed by atoms with Crippen molar-refractivity contribution in [1.29, 1.82) is 0 Å². The summed E-state index contributed by atoms with van der Waals surface area (Å²) in [5.74, 6) is 1.04. The van der Waals surface area contributed by atoms with Crippen molar-refractivity contribution in [3.8, 4) is 5.88 Å². The van der Waals surface area contributed by atoms with Gasteiger partial charge in [0.05, 0.1) is 14.2 Å². The number of methoxy groups -OCH3 is 2. The number of pyridine rings is 1. The number of hydrogen-bond donors (Lipinski definition) is 0. The molecule has 1 aromatic heterocycles. The molecule has 1 fully saturated rings. The van der Waals surface area contributed by atoms with Gasteiger partial charge in [-0.2, -0.15) is 4.98 Å². The van der Waals surface area contributed by atoms with E-state index >= 15 is 0 Å². The fourth-order valence-electron chi connectivity index (χ4n) is 2.08. The van der Waals surface area contributed by atoms with Gasteiger partial charge in [-0.25, -0.2) is 4.79 Å². The van der Waals surface area contributed by atoms with Crippen LogP contribution in [0.15, 0.2) is 18.2 Å². The van der Waals surface area contributed by atoms with Gasteiger partial charge in [-0.05, 0) is 31.1 Å². The Morgan fingerprint density at radius 3 is 2.68 bits per heavy atom. The maximum Gasteiger partial charge on any atom is 0.330 e. The Kier molecular flexibility index (Phi) is 4.39. The molecule has 0 unspecified atom stereocenters. The van der Waals surface area contributed by atoms with Crippen molar-refractivity contribution in [3.63, 3.8) is 0 Å². The van der Waals surface area contributed by atoms with Gasteiger partial charge in [-0.15, -0.1) is 0 Å². The molecule has 5 nitrogen and oxygen atoms in total. The van der Waals surface area contributed by atoms with Crippen LogP contribution < -0.4 is 9.64 Å². The van der Waals surface area contributed by atoms with Gasteiger partial charge in [0, 0.05) is 24.7 Å². The van der Waals surface area contributed by atoms with Gasteiger partial charge in [-0.3, -0.25) is 0 Å². The summed E-state index contributed by atoms with van der Waals surface area (Å²) in [6.45, 7) is 2.07. The molecule has 0 atom stereocenters. The van der Waals surface area contributed by atoms with Crippen molar-refractivity contribution in [3.05, 3.63) is 23.8 Å². The topological polar surface area (TPSA) is 51.7 Å². The van der Waals surface area contributed by atoms with E-state index in [-0.39, 0.29) is 0 Å². The standard InChI is InChI=1S/C14H18N2O3/c1-18-13(17)8-6-11-5-7-12(15-14(11)19-2)16-9-3-4-10-16/h5-8H,3-4,9-10H2,1-2H3. The first-order valence-electron chi connectivity index (χ1n) is 6.30. The summed E-state index contributed by atoms with van der Waals surface area (Å²) in [6.07, 6.45) is 5.41. The molecule has 0 N–H and O–H groups in total. The highest BCUT2D eigenvalue weighted by Gasteiger charge is 2.15. The van der Waals surface area contributed by atoms with Gasteiger partial charge in [0.1, 0.15) is 5.82 Å². The summed E-state index contributed by atoms with van der Waals surface area (Å²) < 4.78 is 9.83. The molecule has 0 spiro atoms. The molecular formula is C14H18N2O3. The monoisotopic (exact) mass is 262 g/mol. The predicted molar refractivity (Wildman–Crippen MR) is 73.3 cm³/mol. The summed E-state index contributed by atoms with van der Waals surface area (Å²) in [7, 11) is 2.92. The highest BCUT2D eigenvalue weighted by molar-refractivity contribution is 5.87. The fraction of sp³-hybridized carbons (Fsp3) is 0.429. The maximum atomic E-state index is 11.1. The second-order valence-electron chi connectivity index (χ2n) is 4.32. The summed E-state index contributed by atoms with van der Waals surface area (Å²) >= 11 is 0. The third-order valence-corrected chi connectivity index (χ3v) is 3.10. The number of carbonyl (C=O) groups is 1. The third kappa shape index (κ3) is 3.24. The average Bonchev–Trinajstić information content (AvgIpc) is 2.98. The Hall–Kier alpha value is -2.04. The van der Waals surface area contributed by atoms with Crippen LogP contribution in [0, 0.1) is 0 Å². The van der Waals surface area contributed by atoms with Crippen molar-refractivity contribution in [2.24, 2.45) is 0 Å². The fourth-order valence-corrected chi connectivity index (χ4v) is 2.08. The highest BCUT2D eigenvalue weighted by Crippen LogP contribution is 2.24. The molecular weight excluding hydrogens is 244 g/mol. The van der Waals surface area contributed by atoms with Crippen LogP contribution in [0.4, 0.5) is 5.82 Å². The van der Waals surface area contributed by atoms with E-state index in [4.69, 9.17) is 4.74 Å². The molecule has 19 heavy (non-hydrogen) atoms. The molecule has 2 rings (SSSR count). The second kappa shape index (κ2) is 6.22. The molecule has 0 saturated carbocycles.